The molecule has 1 aromatic rings. The fraction of sp³-hybridized carbons (Fsp3) is 0.538. The molecule has 0 aromatic carbocycles. The number of aromatic nitrogens is 1. The normalized spacial score (nSPS) is 10.1. The van der Waals surface area contributed by atoms with Gasteiger partial charge >= 0.3 is 11.9 Å². The third-order valence-corrected chi connectivity index (χ3v) is 2.37. The first-order valence-corrected chi connectivity index (χ1v) is 6.18. The molecule has 0 fully saturated rings. The van der Waals surface area contributed by atoms with Gasteiger partial charge in [-0.1, -0.05) is 0 Å². The van der Waals surface area contributed by atoms with Gasteiger partial charge in [0.15, 0.2) is 0 Å². The van der Waals surface area contributed by atoms with Crippen molar-refractivity contribution in [3.05, 3.63) is 23.5 Å². The van der Waals surface area contributed by atoms with Crippen LogP contribution >= 0.6 is 0 Å². The van der Waals surface area contributed by atoms with Crippen molar-refractivity contribution in [3.8, 4) is 0 Å². The van der Waals surface area contributed by atoms with E-state index in [2.05, 4.69) is 4.98 Å². The first-order chi connectivity index (χ1) is 8.67. The van der Waals surface area contributed by atoms with E-state index in [0.717, 1.165) is 5.69 Å². The summed E-state index contributed by atoms with van der Waals surface area (Å²) in [4.78, 5) is 25.5. The van der Waals surface area contributed by atoms with Gasteiger partial charge in [0.2, 0.25) is 0 Å². The number of hydrogen-bond acceptors (Lipinski definition) is 4. The lowest BCUT2D eigenvalue weighted by atomic mass is 10.2. The third-order valence-electron chi connectivity index (χ3n) is 2.37. The monoisotopic (exact) mass is 253 g/mol. The number of nitrogens with one attached hydrogen (secondary N) is 1. The number of esters is 2. The highest BCUT2D eigenvalue weighted by molar-refractivity contribution is 5.87. The molecule has 0 amide bonds. The summed E-state index contributed by atoms with van der Waals surface area (Å²) in [5.74, 6) is -0.538. The Morgan fingerprint density at radius 2 is 1.89 bits per heavy atom. The quantitative estimate of drug-likeness (QED) is 0.755. The zero-order chi connectivity index (χ0) is 13.4. The molecule has 1 N–H and O–H groups in total. The molecule has 0 radical (unpaired) electrons. The van der Waals surface area contributed by atoms with Gasteiger partial charge in [0.25, 0.3) is 0 Å². The van der Waals surface area contributed by atoms with Gasteiger partial charge in [0, 0.05) is 12.1 Å². The molecule has 0 saturated carbocycles. The molecule has 1 heterocycles. The van der Waals surface area contributed by atoms with E-state index in [1.807, 2.05) is 6.07 Å². The fourth-order valence-corrected chi connectivity index (χ4v) is 1.57. The molecule has 0 aliphatic rings. The maximum Gasteiger partial charge on any atom is 0.354 e. The first-order valence-electron chi connectivity index (χ1n) is 6.18. The van der Waals surface area contributed by atoms with Crippen LogP contribution in [0.1, 0.15) is 42.9 Å². The Balaban J connectivity index is 2.35. The number of hydrogen-bond donors (Lipinski definition) is 1. The molecular formula is C13H19NO4. The molecule has 0 aliphatic heterocycles. The molecule has 0 atom stereocenters. The van der Waals surface area contributed by atoms with E-state index in [-0.39, 0.29) is 11.9 Å². The summed E-state index contributed by atoms with van der Waals surface area (Å²) in [5, 5.41) is 0. The number of rotatable bonds is 7. The minimum atomic E-state index is -0.353. The van der Waals surface area contributed by atoms with Crippen molar-refractivity contribution in [2.75, 3.05) is 13.2 Å². The summed E-state index contributed by atoms with van der Waals surface area (Å²) in [6.45, 7) is 4.32. The fourth-order valence-electron chi connectivity index (χ4n) is 1.57. The molecule has 0 saturated heterocycles. The summed E-state index contributed by atoms with van der Waals surface area (Å²) in [7, 11) is 0. The van der Waals surface area contributed by atoms with Crippen molar-refractivity contribution in [2.45, 2.75) is 33.1 Å². The number of carbonyl (C=O) groups is 2. The highest BCUT2D eigenvalue weighted by Gasteiger charge is 2.09. The van der Waals surface area contributed by atoms with Gasteiger partial charge in [0.05, 0.1) is 13.2 Å². The van der Waals surface area contributed by atoms with E-state index < -0.39 is 0 Å². The topological polar surface area (TPSA) is 68.4 Å². The SMILES string of the molecule is CCOC(=O)CCCc1ccc(C(=O)OCC)[nH]1. The van der Waals surface area contributed by atoms with Gasteiger partial charge in [-0.3, -0.25) is 4.79 Å². The van der Waals surface area contributed by atoms with Crippen LogP contribution in [0.15, 0.2) is 12.1 Å². The highest BCUT2D eigenvalue weighted by Crippen LogP contribution is 2.08. The molecule has 1 aromatic heterocycles. The van der Waals surface area contributed by atoms with Crippen LogP contribution in [-0.2, 0) is 20.7 Å². The van der Waals surface area contributed by atoms with Crippen molar-refractivity contribution in [2.24, 2.45) is 0 Å². The predicted octanol–water partition coefficient (Wildman–Crippen LogP) is 2.08. The van der Waals surface area contributed by atoms with Gasteiger partial charge in [-0.25, -0.2) is 4.79 Å². The van der Waals surface area contributed by atoms with Gasteiger partial charge in [-0.05, 0) is 38.8 Å². The maximum atomic E-state index is 11.4. The van der Waals surface area contributed by atoms with Gasteiger partial charge < -0.3 is 14.5 Å². The van der Waals surface area contributed by atoms with Crippen molar-refractivity contribution < 1.29 is 19.1 Å². The maximum absolute atomic E-state index is 11.4. The average molecular weight is 253 g/mol. The standard InChI is InChI=1S/C13H19NO4/c1-3-17-12(15)7-5-6-10-8-9-11(14-10)13(16)18-4-2/h8-9,14H,3-7H2,1-2H3. The summed E-state index contributed by atoms with van der Waals surface area (Å²) >= 11 is 0. The largest absolute Gasteiger partial charge is 0.466 e. The minimum absolute atomic E-state index is 0.185. The number of H-pyrrole nitrogens is 1. The Labute approximate surface area is 106 Å². The van der Waals surface area contributed by atoms with Gasteiger partial charge in [-0.2, -0.15) is 0 Å². The van der Waals surface area contributed by atoms with Crippen LogP contribution in [0.2, 0.25) is 0 Å². The second kappa shape index (κ2) is 7.53. The van der Waals surface area contributed by atoms with Crippen molar-refractivity contribution in [1.82, 2.24) is 4.98 Å². The zero-order valence-corrected chi connectivity index (χ0v) is 10.8. The molecule has 18 heavy (non-hydrogen) atoms. The lowest BCUT2D eigenvalue weighted by Gasteiger charge is -2.01. The van der Waals surface area contributed by atoms with E-state index in [1.54, 1.807) is 19.9 Å². The Bertz CT molecular complexity index is 397. The molecule has 0 unspecified atom stereocenters. The molecule has 0 bridgehead atoms. The Hall–Kier alpha value is -1.78. The Morgan fingerprint density at radius 1 is 1.17 bits per heavy atom. The zero-order valence-electron chi connectivity index (χ0n) is 10.8. The lowest BCUT2D eigenvalue weighted by molar-refractivity contribution is -0.143. The van der Waals surface area contributed by atoms with Crippen LogP contribution in [0.3, 0.4) is 0 Å². The van der Waals surface area contributed by atoms with Crippen LogP contribution in [-0.4, -0.2) is 30.1 Å². The predicted molar refractivity (Wildman–Crippen MR) is 66.3 cm³/mol. The molecule has 0 aliphatic carbocycles. The number of carbonyl (C=O) groups excluding carboxylic acids is 2. The third kappa shape index (κ3) is 4.61. The second-order valence-electron chi connectivity index (χ2n) is 3.78. The van der Waals surface area contributed by atoms with Crippen LogP contribution in [0.5, 0.6) is 0 Å². The van der Waals surface area contributed by atoms with Crippen LogP contribution in [0.4, 0.5) is 0 Å². The smallest absolute Gasteiger partial charge is 0.354 e. The van der Waals surface area contributed by atoms with Crippen molar-refractivity contribution >= 4 is 11.9 Å². The van der Waals surface area contributed by atoms with E-state index in [9.17, 15) is 9.59 Å². The number of ether oxygens (including phenoxy) is 2. The Morgan fingerprint density at radius 3 is 2.56 bits per heavy atom. The lowest BCUT2D eigenvalue weighted by Crippen LogP contribution is -2.05. The first kappa shape index (κ1) is 14.3. The molecule has 100 valence electrons. The van der Waals surface area contributed by atoms with Gasteiger partial charge in [-0.15, -0.1) is 0 Å². The highest BCUT2D eigenvalue weighted by atomic mass is 16.5. The molecule has 5 nitrogen and oxygen atoms in total. The van der Waals surface area contributed by atoms with Crippen LogP contribution in [0.25, 0.3) is 0 Å². The van der Waals surface area contributed by atoms with Crippen molar-refractivity contribution in [1.29, 1.82) is 0 Å². The van der Waals surface area contributed by atoms with E-state index in [4.69, 9.17) is 9.47 Å². The van der Waals surface area contributed by atoms with E-state index in [0.29, 0.717) is 38.2 Å². The molecular weight excluding hydrogens is 234 g/mol. The summed E-state index contributed by atoms with van der Waals surface area (Å²) in [6.07, 6.45) is 1.79. The number of aromatic amines is 1. The summed E-state index contributed by atoms with van der Waals surface area (Å²) in [6, 6.07) is 3.52. The molecule has 5 heteroatoms. The van der Waals surface area contributed by atoms with Crippen LogP contribution in [0, 0.1) is 0 Å². The summed E-state index contributed by atoms with van der Waals surface area (Å²) in [5.41, 5.74) is 1.37. The van der Waals surface area contributed by atoms with E-state index >= 15 is 0 Å². The molecule has 0 spiro atoms. The Kier molecular flexibility index (Phi) is 5.97. The van der Waals surface area contributed by atoms with E-state index in [1.165, 1.54) is 0 Å². The van der Waals surface area contributed by atoms with Crippen molar-refractivity contribution in [3.63, 3.8) is 0 Å². The minimum Gasteiger partial charge on any atom is -0.466 e. The average Bonchev–Trinajstić information content (AvgIpc) is 2.78. The molecule has 1 rings (SSSR count). The second-order valence-corrected chi connectivity index (χ2v) is 3.78. The van der Waals surface area contributed by atoms with Crippen LogP contribution < -0.4 is 0 Å². The number of aryl methyl sites for hydroxylation is 1. The summed E-state index contributed by atoms with van der Waals surface area (Å²) < 4.78 is 9.70. The van der Waals surface area contributed by atoms with Gasteiger partial charge in [0.1, 0.15) is 5.69 Å².